The number of carbonyl (C=O) groups excluding carboxylic acids is 1. The zero-order chi connectivity index (χ0) is 18.9. The molecule has 9 heteroatoms. The van der Waals surface area contributed by atoms with Gasteiger partial charge in [0.25, 0.3) is 10.0 Å². The molecule has 26 heavy (non-hydrogen) atoms. The van der Waals surface area contributed by atoms with Crippen LogP contribution in [0.2, 0.25) is 0 Å². The number of carbonyl (C=O) groups is 1. The number of hydrogen-bond acceptors (Lipinski definition) is 6. The van der Waals surface area contributed by atoms with E-state index in [1.54, 1.807) is 12.1 Å². The molecule has 1 atom stereocenters. The minimum Gasteiger partial charge on any atom is -0.370 e. The third-order valence-corrected chi connectivity index (χ3v) is 7.07. The number of fused-ring (bicyclic) bond motifs is 1. The molecule has 0 radical (unpaired) electrons. The van der Waals surface area contributed by atoms with Gasteiger partial charge in [-0.15, -0.1) is 10.2 Å². The second kappa shape index (κ2) is 7.32. The van der Waals surface area contributed by atoms with Gasteiger partial charge in [-0.2, -0.15) is 0 Å². The van der Waals surface area contributed by atoms with Gasteiger partial charge in [-0.3, -0.25) is 9.52 Å². The van der Waals surface area contributed by atoms with Crippen molar-refractivity contribution in [2.24, 2.45) is 11.7 Å². The van der Waals surface area contributed by atoms with Crippen molar-refractivity contribution in [1.29, 1.82) is 0 Å². The highest BCUT2D eigenvalue weighted by Crippen LogP contribution is 2.30. The monoisotopic (exact) mass is 394 g/mol. The quantitative estimate of drug-likeness (QED) is 0.781. The van der Waals surface area contributed by atoms with Crippen molar-refractivity contribution in [3.63, 3.8) is 0 Å². The number of hydrogen-bond donors (Lipinski definition) is 2. The predicted octanol–water partition coefficient (Wildman–Crippen LogP) is 2.44. The van der Waals surface area contributed by atoms with Crippen LogP contribution in [0.1, 0.15) is 48.7 Å². The number of anilines is 1. The Hall–Kier alpha value is -2.00. The molecule has 0 aliphatic heterocycles. The van der Waals surface area contributed by atoms with Crippen LogP contribution in [0.3, 0.4) is 0 Å². The second-order valence-corrected chi connectivity index (χ2v) is 9.61. The Labute approximate surface area is 157 Å². The maximum atomic E-state index is 12.7. The van der Waals surface area contributed by atoms with E-state index < -0.39 is 10.0 Å². The van der Waals surface area contributed by atoms with Gasteiger partial charge in [0.1, 0.15) is 5.01 Å². The Morgan fingerprint density at radius 3 is 2.77 bits per heavy atom. The van der Waals surface area contributed by atoms with Gasteiger partial charge >= 0.3 is 0 Å². The molecule has 3 rings (SSSR count). The van der Waals surface area contributed by atoms with E-state index in [0.29, 0.717) is 12.8 Å². The Morgan fingerprint density at radius 1 is 1.35 bits per heavy atom. The van der Waals surface area contributed by atoms with Crippen LogP contribution in [0.5, 0.6) is 0 Å². The third-order valence-electron chi connectivity index (χ3n) is 4.46. The number of aryl methyl sites for hydroxylation is 1. The van der Waals surface area contributed by atoms with E-state index in [1.807, 2.05) is 19.9 Å². The Bertz CT molecular complexity index is 922. The number of nitrogens with two attached hydrogens (primary N) is 1. The summed E-state index contributed by atoms with van der Waals surface area (Å²) in [5.41, 5.74) is 7.39. The van der Waals surface area contributed by atoms with Gasteiger partial charge in [0, 0.05) is 12.3 Å². The third kappa shape index (κ3) is 4.21. The molecule has 7 nitrogen and oxygen atoms in total. The first kappa shape index (κ1) is 18.8. The molecule has 0 fully saturated rings. The van der Waals surface area contributed by atoms with E-state index in [-0.39, 0.29) is 27.8 Å². The van der Waals surface area contributed by atoms with Crippen molar-refractivity contribution in [2.45, 2.75) is 50.3 Å². The fourth-order valence-electron chi connectivity index (χ4n) is 3.12. The van der Waals surface area contributed by atoms with Gasteiger partial charge in [-0.25, -0.2) is 8.42 Å². The van der Waals surface area contributed by atoms with Gasteiger partial charge in [0.15, 0.2) is 0 Å². The van der Waals surface area contributed by atoms with Gasteiger partial charge < -0.3 is 5.73 Å². The zero-order valence-corrected chi connectivity index (χ0v) is 16.4. The van der Waals surface area contributed by atoms with Crippen LogP contribution in [0.15, 0.2) is 23.1 Å². The lowest BCUT2D eigenvalue weighted by Crippen LogP contribution is -2.22. The van der Waals surface area contributed by atoms with E-state index >= 15 is 0 Å². The lowest BCUT2D eigenvalue weighted by Gasteiger charge is -2.24. The molecule has 1 aliphatic carbocycles. The summed E-state index contributed by atoms with van der Waals surface area (Å²) in [5.74, 6) is 0.0421. The summed E-state index contributed by atoms with van der Waals surface area (Å²) in [5, 5.41) is 8.95. The molecule has 2 aromatic rings. The van der Waals surface area contributed by atoms with Crippen LogP contribution in [0.4, 0.5) is 5.13 Å². The van der Waals surface area contributed by atoms with Gasteiger partial charge in [-0.1, -0.05) is 31.3 Å². The summed E-state index contributed by atoms with van der Waals surface area (Å²) in [6.07, 6.45) is 2.72. The molecule has 0 spiro atoms. The fourth-order valence-corrected chi connectivity index (χ4v) is 5.14. The summed E-state index contributed by atoms with van der Waals surface area (Å²) in [6, 6.07) is 5.15. The van der Waals surface area contributed by atoms with Gasteiger partial charge in [0.2, 0.25) is 11.0 Å². The van der Waals surface area contributed by atoms with Crippen LogP contribution in [-0.4, -0.2) is 24.5 Å². The lowest BCUT2D eigenvalue weighted by atomic mass is 9.82. The molecule has 140 valence electrons. The van der Waals surface area contributed by atoms with Crippen molar-refractivity contribution < 1.29 is 13.2 Å². The number of aromatic nitrogens is 2. The number of nitrogens with zero attached hydrogens (tertiary/aromatic N) is 2. The highest BCUT2D eigenvalue weighted by Gasteiger charge is 2.24. The minimum absolute atomic E-state index is 0.169. The Morgan fingerprint density at radius 2 is 2.12 bits per heavy atom. The number of sulfonamides is 1. The molecular formula is C17H22N4O3S2. The van der Waals surface area contributed by atoms with E-state index in [2.05, 4.69) is 14.9 Å². The molecule has 0 bridgehead atoms. The van der Waals surface area contributed by atoms with Crippen molar-refractivity contribution in [1.82, 2.24) is 10.2 Å². The number of nitrogens with one attached hydrogen (secondary N) is 1. The average Bonchev–Trinajstić information content (AvgIpc) is 3.01. The van der Waals surface area contributed by atoms with Crippen LogP contribution < -0.4 is 10.5 Å². The number of benzene rings is 1. The van der Waals surface area contributed by atoms with Crippen LogP contribution in [-0.2, 0) is 27.7 Å². The summed E-state index contributed by atoms with van der Waals surface area (Å²) in [6.45, 7) is 3.95. The summed E-state index contributed by atoms with van der Waals surface area (Å²) >= 11 is 1.23. The maximum Gasteiger partial charge on any atom is 0.263 e. The molecular weight excluding hydrogens is 372 g/mol. The molecule has 0 saturated heterocycles. The van der Waals surface area contributed by atoms with Crippen molar-refractivity contribution >= 4 is 32.4 Å². The summed E-state index contributed by atoms with van der Waals surface area (Å²) in [7, 11) is -3.73. The van der Waals surface area contributed by atoms with Crippen molar-refractivity contribution in [3.05, 3.63) is 34.3 Å². The second-order valence-electron chi connectivity index (χ2n) is 6.92. The van der Waals surface area contributed by atoms with Crippen molar-refractivity contribution in [3.8, 4) is 0 Å². The highest BCUT2D eigenvalue weighted by atomic mass is 32.2. The number of amides is 1. The van der Waals surface area contributed by atoms with Gasteiger partial charge in [-0.05, 0) is 48.4 Å². The number of rotatable bonds is 6. The molecule has 1 aromatic carbocycles. The largest absolute Gasteiger partial charge is 0.370 e. The molecule has 1 heterocycles. The summed E-state index contributed by atoms with van der Waals surface area (Å²) < 4.78 is 27.9. The van der Waals surface area contributed by atoms with E-state index in [0.717, 1.165) is 29.0 Å². The molecule has 1 aliphatic rings. The smallest absolute Gasteiger partial charge is 0.263 e. The maximum absolute atomic E-state index is 12.7. The molecule has 0 unspecified atom stereocenters. The van der Waals surface area contributed by atoms with Crippen molar-refractivity contribution in [2.75, 3.05) is 4.72 Å². The first-order valence-corrected chi connectivity index (χ1v) is 10.8. The molecule has 1 amide bonds. The Balaban J connectivity index is 1.81. The van der Waals surface area contributed by atoms with Crippen LogP contribution in [0.25, 0.3) is 0 Å². The normalized spacial score (nSPS) is 17.1. The minimum atomic E-state index is -3.73. The highest BCUT2D eigenvalue weighted by molar-refractivity contribution is 7.93. The SMILES string of the molecule is CC(C)c1nnc(NS(=O)(=O)c2ccc3c(c2)C[C@@H](CC(N)=O)CC3)s1. The average molecular weight is 395 g/mol. The lowest BCUT2D eigenvalue weighted by molar-refractivity contribution is -0.119. The molecule has 0 saturated carbocycles. The first-order chi connectivity index (χ1) is 12.2. The predicted molar refractivity (Wildman–Crippen MR) is 101 cm³/mol. The Kier molecular flexibility index (Phi) is 5.29. The standard InChI is InChI=1S/C17H22N4O3S2/c1-10(2)16-19-20-17(25-16)21-26(23,24)14-6-5-12-4-3-11(8-15(18)22)7-13(12)9-14/h5-6,9-11H,3-4,7-8H2,1-2H3,(H2,18,22)(H,20,21)/t11-/m0/s1. The number of primary amides is 1. The fraction of sp³-hybridized carbons (Fsp3) is 0.471. The summed E-state index contributed by atoms with van der Waals surface area (Å²) in [4.78, 5) is 11.4. The van der Waals surface area contributed by atoms with Crippen LogP contribution in [0, 0.1) is 5.92 Å². The molecule has 1 aromatic heterocycles. The van der Waals surface area contributed by atoms with E-state index in [4.69, 9.17) is 5.73 Å². The zero-order valence-electron chi connectivity index (χ0n) is 14.7. The molecule has 3 N–H and O–H groups in total. The van der Waals surface area contributed by atoms with E-state index in [9.17, 15) is 13.2 Å². The van der Waals surface area contributed by atoms with E-state index in [1.165, 1.54) is 11.3 Å². The first-order valence-electron chi connectivity index (χ1n) is 8.51. The van der Waals surface area contributed by atoms with Crippen LogP contribution >= 0.6 is 11.3 Å². The van der Waals surface area contributed by atoms with Gasteiger partial charge in [0.05, 0.1) is 4.90 Å². The topological polar surface area (TPSA) is 115 Å².